The van der Waals surface area contributed by atoms with Crippen LogP contribution in [0.4, 0.5) is 9.18 Å². The second kappa shape index (κ2) is 7.83. The molecule has 0 aromatic rings. The smallest absolute Gasteiger partial charge is 0.410 e. The predicted octanol–water partition coefficient (Wildman–Crippen LogP) is 2.94. The van der Waals surface area contributed by atoms with Gasteiger partial charge >= 0.3 is 6.09 Å². The number of nitriles is 1. The Hall–Kier alpha value is -2.17. The molecule has 2 atom stereocenters. The summed E-state index contributed by atoms with van der Waals surface area (Å²) in [7, 11) is 0. The third-order valence-corrected chi connectivity index (χ3v) is 4.91. The Balaban J connectivity index is 1.59. The number of hydrogen-bond donors (Lipinski definition) is 0. The maximum absolute atomic E-state index is 13.8. The van der Waals surface area contributed by atoms with E-state index in [-0.39, 0.29) is 30.2 Å². The lowest BCUT2D eigenvalue weighted by Crippen LogP contribution is -2.61. The van der Waals surface area contributed by atoms with Crippen molar-refractivity contribution in [3.05, 3.63) is 35.2 Å². The summed E-state index contributed by atoms with van der Waals surface area (Å²) in [6.45, 7) is 8.70. The number of carbonyl (C=O) groups excluding carboxylic acids is 1. The van der Waals surface area contributed by atoms with E-state index in [2.05, 4.69) is 4.90 Å². The molecule has 0 bridgehead atoms. The quantitative estimate of drug-likeness (QED) is 0.705. The number of hydrogen-bond acceptors (Lipinski definition) is 5. The van der Waals surface area contributed by atoms with Crippen molar-refractivity contribution in [3.8, 4) is 6.07 Å². The van der Waals surface area contributed by atoms with Crippen LogP contribution in [0, 0.1) is 11.3 Å². The maximum atomic E-state index is 13.8. The van der Waals surface area contributed by atoms with Crippen LogP contribution in [0.1, 0.15) is 27.2 Å². The van der Waals surface area contributed by atoms with Crippen LogP contribution in [-0.4, -0.2) is 66.4 Å². The van der Waals surface area contributed by atoms with E-state index >= 15 is 0 Å². The summed E-state index contributed by atoms with van der Waals surface area (Å²) in [6, 6.07) is 2.03. The first-order valence-electron chi connectivity index (χ1n) is 9.27. The monoisotopic (exact) mass is 375 g/mol. The number of ether oxygens (including phenoxy) is 2. The van der Waals surface area contributed by atoms with Crippen molar-refractivity contribution in [1.82, 2.24) is 9.80 Å². The Morgan fingerprint density at radius 2 is 2.11 bits per heavy atom. The Morgan fingerprint density at radius 1 is 1.33 bits per heavy atom. The van der Waals surface area contributed by atoms with Crippen molar-refractivity contribution in [2.75, 3.05) is 32.8 Å². The molecule has 0 aromatic carbocycles. The molecule has 3 rings (SSSR count). The minimum absolute atomic E-state index is 0.127. The van der Waals surface area contributed by atoms with Crippen LogP contribution < -0.4 is 0 Å². The van der Waals surface area contributed by atoms with Crippen LogP contribution >= 0.6 is 0 Å². The zero-order valence-electron chi connectivity index (χ0n) is 16.1. The van der Waals surface area contributed by atoms with E-state index in [0.29, 0.717) is 26.2 Å². The van der Waals surface area contributed by atoms with Gasteiger partial charge in [0.05, 0.1) is 30.4 Å². The molecule has 0 spiro atoms. The normalized spacial score (nSPS) is 26.8. The van der Waals surface area contributed by atoms with Gasteiger partial charge in [-0.3, -0.25) is 4.90 Å². The van der Waals surface area contributed by atoms with Gasteiger partial charge in [-0.25, -0.2) is 9.18 Å². The molecule has 1 amide bonds. The average molecular weight is 375 g/mol. The standard InChI is InChI=1S/C20H26FN3O3/c1-20(2,3)27-19(25)24-9-8-23-12-18(26-13-16(23)11-24)14-4-5-15(10-22)17(21)7-6-14/h4,6-7,16,18H,5,8-9,11-13H2,1-3H3. The number of carbonyl (C=O) groups is 1. The molecule has 2 saturated heterocycles. The van der Waals surface area contributed by atoms with Crippen molar-refractivity contribution in [2.45, 2.75) is 44.9 Å². The Bertz CT molecular complexity index is 730. The topological polar surface area (TPSA) is 65.8 Å². The Labute approximate surface area is 159 Å². The van der Waals surface area contributed by atoms with Gasteiger partial charge in [-0.05, 0) is 32.4 Å². The van der Waals surface area contributed by atoms with Crippen LogP contribution in [-0.2, 0) is 9.47 Å². The molecule has 7 heteroatoms. The van der Waals surface area contributed by atoms with Crippen LogP contribution in [0.5, 0.6) is 0 Å². The van der Waals surface area contributed by atoms with Crippen molar-refractivity contribution in [1.29, 1.82) is 5.26 Å². The molecule has 0 aromatic heterocycles. The summed E-state index contributed by atoms with van der Waals surface area (Å²) in [5, 5.41) is 8.98. The van der Waals surface area contributed by atoms with Crippen LogP contribution in [0.25, 0.3) is 0 Å². The Kier molecular flexibility index (Phi) is 5.68. The molecule has 3 aliphatic rings. The summed E-state index contributed by atoms with van der Waals surface area (Å²) >= 11 is 0. The van der Waals surface area contributed by atoms with Gasteiger partial charge in [0.2, 0.25) is 0 Å². The van der Waals surface area contributed by atoms with Crippen molar-refractivity contribution in [3.63, 3.8) is 0 Å². The molecule has 0 radical (unpaired) electrons. The second-order valence-electron chi connectivity index (χ2n) is 8.08. The third-order valence-electron chi connectivity index (χ3n) is 4.91. The van der Waals surface area contributed by atoms with Gasteiger partial charge in [-0.2, -0.15) is 5.26 Å². The van der Waals surface area contributed by atoms with Crippen LogP contribution in [0.2, 0.25) is 0 Å². The number of nitrogens with zero attached hydrogens (tertiary/aromatic N) is 3. The highest BCUT2D eigenvalue weighted by molar-refractivity contribution is 5.68. The van der Waals surface area contributed by atoms with Crippen molar-refractivity contribution >= 4 is 6.09 Å². The largest absolute Gasteiger partial charge is 0.444 e. The minimum atomic E-state index is -0.508. The van der Waals surface area contributed by atoms with Gasteiger partial charge in [0.15, 0.2) is 0 Å². The van der Waals surface area contributed by atoms with E-state index in [9.17, 15) is 9.18 Å². The highest BCUT2D eigenvalue weighted by atomic mass is 19.1. The molecule has 6 nitrogen and oxygen atoms in total. The molecule has 27 heavy (non-hydrogen) atoms. The van der Waals surface area contributed by atoms with E-state index in [4.69, 9.17) is 14.7 Å². The molecule has 146 valence electrons. The molecule has 2 fully saturated rings. The summed E-state index contributed by atoms with van der Waals surface area (Å²) in [5.41, 5.74) is 0.524. The number of fused-ring (bicyclic) bond motifs is 1. The summed E-state index contributed by atoms with van der Waals surface area (Å²) in [4.78, 5) is 16.3. The maximum Gasteiger partial charge on any atom is 0.410 e. The van der Waals surface area contributed by atoms with Crippen molar-refractivity contribution in [2.24, 2.45) is 0 Å². The van der Waals surface area contributed by atoms with E-state index in [1.807, 2.05) is 32.9 Å². The number of amides is 1. The lowest BCUT2D eigenvalue weighted by Gasteiger charge is -2.46. The van der Waals surface area contributed by atoms with Crippen molar-refractivity contribution < 1.29 is 18.7 Å². The SMILES string of the molecule is CC(C)(C)OC(=O)N1CCN2CC(C3=CCC(C#N)=C(F)C=C3)OCC2C1. The average Bonchev–Trinajstić information content (AvgIpc) is 2.80. The van der Waals surface area contributed by atoms with E-state index in [0.717, 1.165) is 12.1 Å². The molecule has 0 N–H and O–H groups in total. The fraction of sp³-hybridized carbons (Fsp3) is 0.600. The molecule has 0 saturated carbocycles. The fourth-order valence-electron chi connectivity index (χ4n) is 3.47. The molecular weight excluding hydrogens is 349 g/mol. The zero-order chi connectivity index (χ0) is 19.6. The lowest BCUT2D eigenvalue weighted by molar-refractivity contribution is -0.0758. The summed E-state index contributed by atoms with van der Waals surface area (Å²) < 4.78 is 25.3. The third kappa shape index (κ3) is 4.76. The zero-order valence-corrected chi connectivity index (χ0v) is 16.1. The van der Waals surface area contributed by atoms with E-state index in [1.165, 1.54) is 6.08 Å². The second-order valence-corrected chi connectivity index (χ2v) is 8.08. The number of piperazine rings is 1. The van der Waals surface area contributed by atoms with Gasteiger partial charge in [0.25, 0.3) is 0 Å². The molecule has 1 aliphatic carbocycles. The van der Waals surface area contributed by atoms with Gasteiger partial charge in [-0.1, -0.05) is 12.2 Å². The van der Waals surface area contributed by atoms with Crippen LogP contribution in [0.15, 0.2) is 35.2 Å². The summed E-state index contributed by atoms with van der Waals surface area (Å²) in [6.07, 6.45) is 4.74. The van der Waals surface area contributed by atoms with Gasteiger partial charge < -0.3 is 14.4 Å². The number of halogens is 1. The van der Waals surface area contributed by atoms with E-state index in [1.54, 1.807) is 11.0 Å². The van der Waals surface area contributed by atoms with Crippen LogP contribution in [0.3, 0.4) is 0 Å². The lowest BCUT2D eigenvalue weighted by atomic mass is 10.0. The highest BCUT2D eigenvalue weighted by Gasteiger charge is 2.37. The molecular formula is C20H26FN3O3. The van der Waals surface area contributed by atoms with Gasteiger partial charge in [0, 0.05) is 32.6 Å². The van der Waals surface area contributed by atoms with E-state index < -0.39 is 11.4 Å². The minimum Gasteiger partial charge on any atom is -0.444 e. The number of allylic oxidation sites excluding steroid dienone is 4. The molecule has 2 heterocycles. The van der Waals surface area contributed by atoms with Gasteiger partial charge in [-0.15, -0.1) is 0 Å². The number of rotatable bonds is 1. The first-order valence-corrected chi connectivity index (χ1v) is 9.27. The molecule has 2 unspecified atom stereocenters. The highest BCUT2D eigenvalue weighted by Crippen LogP contribution is 2.26. The predicted molar refractivity (Wildman–Crippen MR) is 98.5 cm³/mol. The summed E-state index contributed by atoms with van der Waals surface area (Å²) in [5.74, 6) is -0.483. The first kappa shape index (κ1) is 19.6. The van der Waals surface area contributed by atoms with Gasteiger partial charge in [0.1, 0.15) is 11.4 Å². The fourth-order valence-corrected chi connectivity index (χ4v) is 3.47. The molecule has 2 aliphatic heterocycles. The number of morpholine rings is 1. The Morgan fingerprint density at radius 3 is 2.81 bits per heavy atom. The first-order chi connectivity index (χ1) is 12.8.